The first-order valence-corrected chi connectivity index (χ1v) is 7.82. The number of benzene rings is 2. The van der Waals surface area contributed by atoms with Crippen molar-refractivity contribution in [2.75, 3.05) is 20.3 Å². The topological polar surface area (TPSA) is 85.9 Å². The van der Waals surface area contributed by atoms with Crippen molar-refractivity contribution in [2.24, 2.45) is 0 Å². The zero-order valence-electron chi connectivity index (χ0n) is 14.4. The molecular formula is C18H19FN2O5. The maximum absolute atomic E-state index is 13.4. The number of nitrogens with one attached hydrogen (secondary N) is 2. The Balaban J connectivity index is 1.87. The molecule has 0 atom stereocenters. The van der Waals surface area contributed by atoms with Gasteiger partial charge in [0.05, 0.1) is 13.7 Å². The highest BCUT2D eigenvalue weighted by molar-refractivity contribution is 5.96. The van der Waals surface area contributed by atoms with E-state index in [1.54, 1.807) is 12.1 Å². The van der Waals surface area contributed by atoms with Crippen LogP contribution in [0.3, 0.4) is 0 Å². The van der Waals surface area contributed by atoms with E-state index in [9.17, 15) is 14.0 Å². The lowest BCUT2D eigenvalue weighted by Crippen LogP contribution is -2.43. The quantitative estimate of drug-likeness (QED) is 0.737. The number of rotatable bonds is 7. The molecule has 0 bridgehead atoms. The van der Waals surface area contributed by atoms with E-state index in [2.05, 4.69) is 10.9 Å². The zero-order chi connectivity index (χ0) is 18.9. The van der Waals surface area contributed by atoms with E-state index in [0.29, 0.717) is 18.1 Å². The van der Waals surface area contributed by atoms with Crippen molar-refractivity contribution < 1.29 is 28.2 Å². The SMILES string of the molecule is CCOc1ccc(C(=O)NNC(=O)COc2ccccc2F)cc1OC. The molecule has 0 heterocycles. The third-order valence-electron chi connectivity index (χ3n) is 3.24. The maximum Gasteiger partial charge on any atom is 0.276 e. The number of methoxy groups -OCH3 is 1. The highest BCUT2D eigenvalue weighted by Crippen LogP contribution is 2.27. The smallest absolute Gasteiger partial charge is 0.276 e. The Morgan fingerprint density at radius 1 is 1.00 bits per heavy atom. The number of amides is 2. The van der Waals surface area contributed by atoms with Crippen molar-refractivity contribution in [1.82, 2.24) is 10.9 Å². The number of carbonyl (C=O) groups is 2. The van der Waals surface area contributed by atoms with Gasteiger partial charge in [0.2, 0.25) is 0 Å². The summed E-state index contributed by atoms with van der Waals surface area (Å²) in [5.41, 5.74) is 4.70. The van der Waals surface area contributed by atoms with E-state index in [4.69, 9.17) is 14.2 Å². The molecule has 0 aliphatic rings. The molecule has 2 rings (SSSR count). The van der Waals surface area contributed by atoms with Crippen LogP contribution in [0.25, 0.3) is 0 Å². The van der Waals surface area contributed by atoms with Gasteiger partial charge in [0.25, 0.3) is 11.8 Å². The minimum atomic E-state index is -0.639. The normalized spacial score (nSPS) is 9.96. The molecule has 0 aliphatic heterocycles. The zero-order valence-corrected chi connectivity index (χ0v) is 14.4. The first-order valence-electron chi connectivity index (χ1n) is 7.82. The summed E-state index contributed by atoms with van der Waals surface area (Å²) in [7, 11) is 1.46. The summed E-state index contributed by atoms with van der Waals surface area (Å²) in [6.07, 6.45) is 0. The van der Waals surface area contributed by atoms with Crippen LogP contribution in [0.4, 0.5) is 4.39 Å². The first kappa shape index (κ1) is 19.0. The van der Waals surface area contributed by atoms with Crippen LogP contribution in [0.5, 0.6) is 17.2 Å². The standard InChI is InChI=1S/C18H19FN2O5/c1-3-25-15-9-8-12(10-16(15)24-2)18(23)21-20-17(22)11-26-14-7-5-4-6-13(14)19/h4-10H,3,11H2,1-2H3,(H,20,22)(H,21,23). The Kier molecular flexibility index (Phi) is 6.78. The number of halogens is 1. The number of ether oxygens (including phenoxy) is 3. The fourth-order valence-corrected chi connectivity index (χ4v) is 2.02. The second-order valence-electron chi connectivity index (χ2n) is 5.02. The second kappa shape index (κ2) is 9.26. The molecule has 7 nitrogen and oxygen atoms in total. The molecule has 0 unspecified atom stereocenters. The average Bonchev–Trinajstić information content (AvgIpc) is 2.66. The molecular weight excluding hydrogens is 343 g/mol. The highest BCUT2D eigenvalue weighted by Gasteiger charge is 2.12. The fourth-order valence-electron chi connectivity index (χ4n) is 2.02. The summed E-state index contributed by atoms with van der Waals surface area (Å²) in [6.45, 7) is 1.84. The van der Waals surface area contributed by atoms with Gasteiger partial charge in [-0.25, -0.2) is 4.39 Å². The lowest BCUT2D eigenvalue weighted by Gasteiger charge is -2.12. The predicted octanol–water partition coefficient (Wildman–Crippen LogP) is 2.07. The molecule has 2 amide bonds. The molecule has 0 spiro atoms. The molecule has 0 saturated heterocycles. The fraction of sp³-hybridized carbons (Fsp3) is 0.222. The summed E-state index contributed by atoms with van der Waals surface area (Å²) in [6, 6.07) is 10.3. The molecule has 138 valence electrons. The van der Waals surface area contributed by atoms with Crippen LogP contribution in [0.1, 0.15) is 17.3 Å². The van der Waals surface area contributed by atoms with Gasteiger partial charge in [-0.1, -0.05) is 12.1 Å². The van der Waals surface area contributed by atoms with Gasteiger partial charge >= 0.3 is 0 Å². The summed E-state index contributed by atoms with van der Waals surface area (Å²) < 4.78 is 29.0. The Morgan fingerprint density at radius 3 is 2.46 bits per heavy atom. The largest absolute Gasteiger partial charge is 0.493 e. The van der Waals surface area contributed by atoms with Crippen LogP contribution in [0, 0.1) is 5.82 Å². The van der Waals surface area contributed by atoms with Gasteiger partial charge in [-0.05, 0) is 37.3 Å². The number of hydrazine groups is 1. The van der Waals surface area contributed by atoms with Gasteiger partial charge in [0.1, 0.15) is 0 Å². The van der Waals surface area contributed by atoms with Gasteiger partial charge in [0.15, 0.2) is 29.7 Å². The Hall–Kier alpha value is -3.29. The van der Waals surface area contributed by atoms with Gasteiger partial charge in [-0.15, -0.1) is 0 Å². The highest BCUT2D eigenvalue weighted by atomic mass is 19.1. The van der Waals surface area contributed by atoms with E-state index in [1.165, 1.54) is 37.4 Å². The third kappa shape index (κ3) is 5.10. The van der Waals surface area contributed by atoms with Gasteiger partial charge in [-0.3, -0.25) is 20.4 Å². The van der Waals surface area contributed by atoms with Crippen molar-refractivity contribution in [3.63, 3.8) is 0 Å². The van der Waals surface area contributed by atoms with Crippen LogP contribution in [0.15, 0.2) is 42.5 Å². The minimum absolute atomic E-state index is 0.0507. The van der Waals surface area contributed by atoms with Crippen molar-refractivity contribution >= 4 is 11.8 Å². The molecule has 0 fully saturated rings. The lowest BCUT2D eigenvalue weighted by molar-refractivity contribution is -0.123. The summed E-state index contributed by atoms with van der Waals surface area (Å²) >= 11 is 0. The van der Waals surface area contributed by atoms with E-state index in [1.807, 2.05) is 6.92 Å². The van der Waals surface area contributed by atoms with Gasteiger partial charge in [0, 0.05) is 5.56 Å². The van der Waals surface area contributed by atoms with E-state index in [-0.39, 0.29) is 11.3 Å². The lowest BCUT2D eigenvalue weighted by atomic mass is 10.2. The summed E-state index contributed by atoms with van der Waals surface area (Å²) in [4.78, 5) is 23.8. The molecule has 0 radical (unpaired) electrons. The van der Waals surface area contributed by atoms with Crippen molar-refractivity contribution in [3.8, 4) is 17.2 Å². The summed E-state index contributed by atoms with van der Waals surface area (Å²) in [5, 5.41) is 0. The first-order chi connectivity index (χ1) is 12.5. The number of para-hydroxylation sites is 1. The molecule has 0 saturated carbocycles. The van der Waals surface area contributed by atoms with Crippen molar-refractivity contribution in [1.29, 1.82) is 0 Å². The van der Waals surface area contributed by atoms with E-state index < -0.39 is 24.2 Å². The Morgan fingerprint density at radius 2 is 1.77 bits per heavy atom. The number of hydrogen-bond donors (Lipinski definition) is 2. The molecule has 8 heteroatoms. The molecule has 2 N–H and O–H groups in total. The average molecular weight is 362 g/mol. The monoisotopic (exact) mass is 362 g/mol. The van der Waals surface area contributed by atoms with Crippen LogP contribution >= 0.6 is 0 Å². The number of hydrogen-bond acceptors (Lipinski definition) is 5. The van der Waals surface area contributed by atoms with Crippen LogP contribution < -0.4 is 25.1 Å². The minimum Gasteiger partial charge on any atom is -0.493 e. The third-order valence-corrected chi connectivity index (χ3v) is 3.24. The Bertz CT molecular complexity index is 782. The van der Waals surface area contributed by atoms with Gasteiger partial charge < -0.3 is 14.2 Å². The second-order valence-corrected chi connectivity index (χ2v) is 5.02. The van der Waals surface area contributed by atoms with Crippen LogP contribution in [-0.4, -0.2) is 32.1 Å². The van der Waals surface area contributed by atoms with Crippen LogP contribution in [0.2, 0.25) is 0 Å². The Labute approximate surface area is 150 Å². The maximum atomic E-state index is 13.4. The predicted molar refractivity (Wildman–Crippen MR) is 91.7 cm³/mol. The molecule has 2 aromatic carbocycles. The summed E-state index contributed by atoms with van der Waals surface area (Å²) in [5.74, 6) is -0.913. The number of carbonyl (C=O) groups excluding carboxylic acids is 2. The van der Waals surface area contributed by atoms with Crippen LogP contribution in [-0.2, 0) is 4.79 Å². The molecule has 26 heavy (non-hydrogen) atoms. The molecule has 0 aromatic heterocycles. The van der Waals surface area contributed by atoms with E-state index >= 15 is 0 Å². The molecule has 0 aliphatic carbocycles. The van der Waals surface area contributed by atoms with Gasteiger partial charge in [-0.2, -0.15) is 0 Å². The van der Waals surface area contributed by atoms with Crippen molar-refractivity contribution in [2.45, 2.75) is 6.92 Å². The van der Waals surface area contributed by atoms with Crippen molar-refractivity contribution in [3.05, 3.63) is 53.8 Å². The van der Waals surface area contributed by atoms with E-state index in [0.717, 1.165) is 0 Å². The molecule has 2 aromatic rings.